The highest BCUT2D eigenvalue weighted by molar-refractivity contribution is 7.86. The summed E-state index contributed by atoms with van der Waals surface area (Å²) in [5.41, 5.74) is 0.996. The summed E-state index contributed by atoms with van der Waals surface area (Å²) in [4.78, 5) is -0.318. The van der Waals surface area contributed by atoms with Gasteiger partial charge in [-0.15, -0.1) is 0 Å². The number of nitrogens with zero attached hydrogens (tertiary/aromatic N) is 1. The molecule has 0 amide bonds. The smallest absolute Gasteiger partial charge is 0.192 e. The Morgan fingerprint density at radius 1 is 0.913 bits per heavy atom. The summed E-state index contributed by atoms with van der Waals surface area (Å²) in [5.74, 6) is 0. The summed E-state index contributed by atoms with van der Waals surface area (Å²) in [5, 5.41) is 1.26. The van der Waals surface area contributed by atoms with Gasteiger partial charge in [-0.05, 0) is 35.4 Å². The summed E-state index contributed by atoms with van der Waals surface area (Å²) in [7, 11) is -4.17. The molecule has 8 heteroatoms. The topological polar surface area (TPSA) is 46.6 Å². The third kappa shape index (κ3) is 3.39. The molecule has 0 spiro atoms. The van der Waals surface area contributed by atoms with E-state index in [2.05, 4.69) is 0 Å². The molecule has 0 bridgehead atoms. The van der Waals surface area contributed by atoms with E-state index in [4.69, 9.17) is 4.28 Å². The first-order valence-corrected chi connectivity index (χ1v) is 8.10. The molecule has 0 N–H and O–H groups in total. The first kappa shape index (κ1) is 16.0. The second-order valence-electron chi connectivity index (χ2n) is 5.12. The van der Waals surface area contributed by atoms with Gasteiger partial charge in [0.15, 0.2) is 0 Å². The van der Waals surface area contributed by atoms with Crippen molar-refractivity contribution in [1.29, 1.82) is 0 Å². The molecular weight excluding hydrogens is 331 g/mol. The zero-order valence-electron chi connectivity index (χ0n) is 11.7. The van der Waals surface area contributed by atoms with Crippen LogP contribution >= 0.6 is 0 Å². The summed E-state index contributed by atoms with van der Waals surface area (Å²) < 4.78 is 66.8. The Labute approximate surface area is 131 Å². The van der Waals surface area contributed by atoms with E-state index in [1.165, 1.54) is 5.06 Å². The van der Waals surface area contributed by atoms with Crippen LogP contribution in [-0.4, -0.2) is 13.5 Å². The van der Waals surface area contributed by atoms with Crippen molar-refractivity contribution in [2.45, 2.75) is 24.2 Å². The minimum atomic E-state index is -4.51. The minimum Gasteiger partial charge on any atom is -0.192 e. The van der Waals surface area contributed by atoms with Crippen LogP contribution in [0.2, 0.25) is 0 Å². The number of benzene rings is 2. The molecule has 0 atom stereocenters. The van der Waals surface area contributed by atoms with Crippen LogP contribution in [0.5, 0.6) is 0 Å². The van der Waals surface area contributed by atoms with Crippen LogP contribution in [0.3, 0.4) is 0 Å². The van der Waals surface area contributed by atoms with Gasteiger partial charge in [0, 0.05) is 0 Å². The number of hydrogen-bond acceptors (Lipinski definition) is 4. The maximum atomic E-state index is 12.5. The van der Waals surface area contributed by atoms with E-state index in [-0.39, 0.29) is 4.90 Å². The van der Waals surface area contributed by atoms with E-state index < -0.39 is 21.9 Å². The van der Waals surface area contributed by atoms with Crippen molar-refractivity contribution in [1.82, 2.24) is 5.06 Å². The minimum absolute atomic E-state index is 0.302. The summed E-state index contributed by atoms with van der Waals surface area (Å²) in [6.07, 6.45) is -4.51. The van der Waals surface area contributed by atoms with Crippen LogP contribution < -0.4 is 0 Å². The van der Waals surface area contributed by atoms with Crippen LogP contribution in [0.1, 0.15) is 16.7 Å². The van der Waals surface area contributed by atoms with Crippen molar-refractivity contribution >= 4 is 10.1 Å². The molecule has 1 aliphatic rings. The lowest BCUT2D eigenvalue weighted by atomic mass is 10.1. The second kappa shape index (κ2) is 5.63. The maximum absolute atomic E-state index is 12.5. The van der Waals surface area contributed by atoms with Crippen LogP contribution in [0.15, 0.2) is 53.4 Å². The number of alkyl halides is 3. The predicted octanol–water partition coefficient (Wildman–Crippen LogP) is 3.34. The van der Waals surface area contributed by atoms with Crippen molar-refractivity contribution in [3.05, 3.63) is 65.2 Å². The van der Waals surface area contributed by atoms with Gasteiger partial charge in [-0.3, -0.25) is 0 Å². The molecule has 1 aliphatic heterocycles. The number of rotatable bonds is 3. The quantitative estimate of drug-likeness (QED) is 0.858. The number of fused-ring (bicyclic) bond motifs is 1. The van der Waals surface area contributed by atoms with Crippen LogP contribution in [0.4, 0.5) is 13.2 Å². The lowest BCUT2D eigenvalue weighted by Crippen LogP contribution is -2.22. The van der Waals surface area contributed by atoms with Gasteiger partial charge in [0.25, 0.3) is 0 Å². The SMILES string of the molecule is O=S(=O)(ON1Cc2ccccc2C1)c1ccc(C(F)(F)F)cc1. The average Bonchev–Trinajstić information content (AvgIpc) is 2.87. The third-order valence-corrected chi connectivity index (χ3v) is 4.74. The predicted molar refractivity (Wildman–Crippen MR) is 75.4 cm³/mol. The van der Waals surface area contributed by atoms with Crippen LogP contribution in [0, 0.1) is 0 Å². The monoisotopic (exact) mass is 343 g/mol. The van der Waals surface area contributed by atoms with Gasteiger partial charge < -0.3 is 0 Å². The molecule has 0 unspecified atom stereocenters. The fourth-order valence-electron chi connectivity index (χ4n) is 2.35. The van der Waals surface area contributed by atoms with Gasteiger partial charge in [0.2, 0.25) is 0 Å². The number of hydroxylamine groups is 2. The molecule has 23 heavy (non-hydrogen) atoms. The fraction of sp³-hybridized carbons (Fsp3) is 0.200. The molecule has 0 aromatic heterocycles. The number of halogens is 3. The van der Waals surface area contributed by atoms with E-state index in [9.17, 15) is 21.6 Å². The Morgan fingerprint density at radius 2 is 1.43 bits per heavy atom. The Hall–Kier alpha value is -1.90. The van der Waals surface area contributed by atoms with Gasteiger partial charge >= 0.3 is 16.3 Å². The van der Waals surface area contributed by atoms with E-state index in [1.54, 1.807) is 0 Å². The fourth-order valence-corrected chi connectivity index (χ4v) is 3.29. The molecule has 0 saturated heterocycles. The first-order valence-electron chi connectivity index (χ1n) is 6.69. The molecular formula is C15H12F3NO3S. The third-order valence-electron chi connectivity index (χ3n) is 3.49. The van der Waals surface area contributed by atoms with Crippen molar-refractivity contribution in [3.8, 4) is 0 Å². The molecule has 4 nitrogen and oxygen atoms in total. The van der Waals surface area contributed by atoms with Gasteiger partial charge in [0.05, 0.1) is 23.5 Å². The molecule has 0 radical (unpaired) electrons. The Kier molecular flexibility index (Phi) is 3.91. The molecule has 2 aromatic rings. The lowest BCUT2D eigenvalue weighted by molar-refractivity contribution is -0.137. The Balaban J connectivity index is 1.76. The van der Waals surface area contributed by atoms with Gasteiger partial charge in [-0.25, -0.2) is 0 Å². The van der Waals surface area contributed by atoms with Crippen LogP contribution in [-0.2, 0) is 33.7 Å². The molecule has 0 aliphatic carbocycles. The van der Waals surface area contributed by atoms with Crippen molar-refractivity contribution in [2.24, 2.45) is 0 Å². The highest BCUT2D eigenvalue weighted by Gasteiger charge is 2.31. The molecule has 122 valence electrons. The molecule has 2 aromatic carbocycles. The molecule has 0 saturated carbocycles. The summed E-state index contributed by atoms with van der Waals surface area (Å²) in [6, 6.07) is 10.6. The Morgan fingerprint density at radius 3 is 1.91 bits per heavy atom. The van der Waals surface area contributed by atoms with Crippen molar-refractivity contribution in [2.75, 3.05) is 0 Å². The largest absolute Gasteiger partial charge is 0.416 e. The maximum Gasteiger partial charge on any atom is 0.416 e. The van der Waals surface area contributed by atoms with Crippen LogP contribution in [0.25, 0.3) is 0 Å². The molecule has 0 fully saturated rings. The highest BCUT2D eigenvalue weighted by Crippen LogP contribution is 2.30. The second-order valence-corrected chi connectivity index (χ2v) is 6.65. The normalized spacial score (nSPS) is 15.6. The summed E-state index contributed by atoms with van der Waals surface area (Å²) in [6.45, 7) is 0.603. The standard InChI is InChI=1S/C15H12F3NO3S/c16-15(17,18)13-5-7-14(8-6-13)23(20,21)22-19-9-11-3-1-2-4-12(11)10-19/h1-8H,9-10H2. The Bertz CT molecular complexity index is 792. The molecule has 1 heterocycles. The van der Waals surface area contributed by atoms with Crippen molar-refractivity contribution < 1.29 is 25.9 Å². The van der Waals surface area contributed by atoms with E-state index in [0.717, 1.165) is 35.4 Å². The first-order chi connectivity index (χ1) is 10.8. The highest BCUT2D eigenvalue weighted by atomic mass is 32.2. The van der Waals surface area contributed by atoms with Gasteiger partial charge in [-0.1, -0.05) is 24.3 Å². The zero-order chi connectivity index (χ0) is 16.7. The van der Waals surface area contributed by atoms with Crippen molar-refractivity contribution in [3.63, 3.8) is 0 Å². The van der Waals surface area contributed by atoms with E-state index >= 15 is 0 Å². The van der Waals surface area contributed by atoms with Gasteiger partial charge in [-0.2, -0.15) is 30.9 Å². The summed E-state index contributed by atoms with van der Waals surface area (Å²) >= 11 is 0. The lowest BCUT2D eigenvalue weighted by Gasteiger charge is -2.15. The zero-order valence-corrected chi connectivity index (χ0v) is 12.6. The van der Waals surface area contributed by atoms with E-state index in [0.29, 0.717) is 13.1 Å². The molecule has 3 rings (SSSR count). The number of hydrogen-bond donors (Lipinski definition) is 0. The average molecular weight is 343 g/mol. The van der Waals surface area contributed by atoms with Gasteiger partial charge in [0.1, 0.15) is 0 Å². The van der Waals surface area contributed by atoms with E-state index in [1.807, 2.05) is 24.3 Å².